The third-order valence-electron chi connectivity index (χ3n) is 5.03. The largest absolute Gasteiger partial charge is 0.497 e. The molecule has 0 atom stereocenters. The first-order chi connectivity index (χ1) is 14.1. The molecule has 0 saturated heterocycles. The number of anilines is 1. The summed E-state index contributed by atoms with van der Waals surface area (Å²) in [4.78, 5) is 36.6. The topological polar surface area (TPSA) is 96.5 Å². The zero-order valence-corrected chi connectivity index (χ0v) is 16.4. The van der Waals surface area contributed by atoms with E-state index in [1.165, 1.54) is 6.42 Å². The summed E-state index contributed by atoms with van der Waals surface area (Å²) in [5.74, 6) is -0.135. The van der Waals surface area contributed by atoms with Crippen LogP contribution in [0.15, 0.2) is 48.5 Å². The van der Waals surface area contributed by atoms with Crippen molar-refractivity contribution in [2.24, 2.45) is 5.92 Å². The lowest BCUT2D eigenvalue weighted by atomic mass is 9.88. The maximum absolute atomic E-state index is 12.3. The highest BCUT2D eigenvalue weighted by Crippen LogP contribution is 2.25. The van der Waals surface area contributed by atoms with Crippen molar-refractivity contribution < 1.29 is 19.1 Å². The van der Waals surface area contributed by atoms with Gasteiger partial charge >= 0.3 is 0 Å². The number of hydrogen-bond acceptors (Lipinski definition) is 4. The Kier molecular flexibility index (Phi) is 6.84. The molecule has 0 bridgehead atoms. The van der Waals surface area contributed by atoms with Gasteiger partial charge in [0, 0.05) is 22.7 Å². The predicted molar refractivity (Wildman–Crippen MR) is 110 cm³/mol. The second-order valence-corrected chi connectivity index (χ2v) is 7.04. The third kappa shape index (κ3) is 5.57. The van der Waals surface area contributed by atoms with Crippen molar-refractivity contribution in [1.82, 2.24) is 10.9 Å². The normalized spacial score (nSPS) is 14.0. The van der Waals surface area contributed by atoms with Crippen LogP contribution in [0.2, 0.25) is 0 Å². The van der Waals surface area contributed by atoms with Crippen molar-refractivity contribution in [3.8, 4) is 5.75 Å². The van der Waals surface area contributed by atoms with E-state index in [2.05, 4.69) is 16.2 Å². The highest BCUT2D eigenvalue weighted by atomic mass is 16.5. The molecule has 2 aromatic carbocycles. The average molecular weight is 395 g/mol. The number of hydrazine groups is 1. The SMILES string of the molecule is COc1ccc(C(=O)NNC(=O)c2ccc(NC(=O)C3CCCCC3)cc2)cc1. The summed E-state index contributed by atoms with van der Waals surface area (Å²) in [7, 11) is 1.54. The van der Waals surface area contributed by atoms with Crippen molar-refractivity contribution in [1.29, 1.82) is 0 Å². The summed E-state index contributed by atoms with van der Waals surface area (Å²) in [6, 6.07) is 13.1. The van der Waals surface area contributed by atoms with Gasteiger partial charge in [-0.3, -0.25) is 25.2 Å². The van der Waals surface area contributed by atoms with E-state index >= 15 is 0 Å². The van der Waals surface area contributed by atoms with Gasteiger partial charge in [0.2, 0.25) is 5.91 Å². The predicted octanol–water partition coefficient (Wildman–Crippen LogP) is 3.29. The van der Waals surface area contributed by atoms with Crippen molar-refractivity contribution >= 4 is 23.4 Å². The summed E-state index contributed by atoms with van der Waals surface area (Å²) in [5.41, 5.74) is 6.17. The van der Waals surface area contributed by atoms with E-state index in [0.29, 0.717) is 22.6 Å². The molecule has 7 nitrogen and oxygen atoms in total. The molecular weight excluding hydrogens is 370 g/mol. The lowest BCUT2D eigenvalue weighted by Crippen LogP contribution is -2.41. The smallest absolute Gasteiger partial charge is 0.269 e. The van der Waals surface area contributed by atoms with Crippen LogP contribution in [-0.4, -0.2) is 24.8 Å². The Hall–Kier alpha value is -3.35. The summed E-state index contributed by atoms with van der Waals surface area (Å²) >= 11 is 0. The van der Waals surface area contributed by atoms with Gasteiger partial charge in [0.05, 0.1) is 7.11 Å². The maximum Gasteiger partial charge on any atom is 0.269 e. The van der Waals surface area contributed by atoms with Crippen molar-refractivity contribution in [2.75, 3.05) is 12.4 Å². The van der Waals surface area contributed by atoms with E-state index in [1.54, 1.807) is 55.6 Å². The standard InChI is InChI=1S/C22H25N3O4/c1-29-19-13-9-17(10-14-19)22(28)25-24-21(27)16-7-11-18(12-8-16)23-20(26)15-5-3-2-4-6-15/h7-15H,2-6H2,1H3,(H,23,26)(H,24,27)(H,25,28). The molecule has 0 aliphatic heterocycles. The molecule has 3 amide bonds. The van der Waals surface area contributed by atoms with Crippen LogP contribution in [0.1, 0.15) is 52.8 Å². The number of methoxy groups -OCH3 is 1. The Morgan fingerprint density at radius 3 is 1.83 bits per heavy atom. The number of amides is 3. The Labute approximate surface area is 169 Å². The van der Waals surface area contributed by atoms with Crippen LogP contribution in [0, 0.1) is 5.92 Å². The fourth-order valence-electron chi connectivity index (χ4n) is 3.31. The van der Waals surface area contributed by atoms with Gasteiger partial charge < -0.3 is 10.1 Å². The first kappa shape index (κ1) is 20.4. The summed E-state index contributed by atoms with van der Waals surface area (Å²) in [6.07, 6.45) is 5.25. The Morgan fingerprint density at radius 2 is 1.31 bits per heavy atom. The Morgan fingerprint density at radius 1 is 0.793 bits per heavy atom. The molecule has 1 aliphatic carbocycles. The van der Waals surface area contributed by atoms with Gasteiger partial charge in [0.15, 0.2) is 0 Å². The molecule has 29 heavy (non-hydrogen) atoms. The van der Waals surface area contributed by atoms with E-state index in [1.807, 2.05) is 0 Å². The van der Waals surface area contributed by atoms with Crippen LogP contribution < -0.4 is 20.9 Å². The first-order valence-corrected chi connectivity index (χ1v) is 9.72. The first-order valence-electron chi connectivity index (χ1n) is 9.72. The van der Waals surface area contributed by atoms with Gasteiger partial charge in [-0.15, -0.1) is 0 Å². The van der Waals surface area contributed by atoms with Crippen molar-refractivity contribution in [2.45, 2.75) is 32.1 Å². The highest BCUT2D eigenvalue weighted by molar-refractivity contribution is 5.99. The van der Waals surface area contributed by atoms with Crippen LogP contribution in [0.25, 0.3) is 0 Å². The molecular formula is C22H25N3O4. The van der Waals surface area contributed by atoms with Gasteiger partial charge in [-0.05, 0) is 61.4 Å². The molecule has 0 spiro atoms. The lowest BCUT2D eigenvalue weighted by Gasteiger charge is -2.20. The minimum absolute atomic E-state index is 0.0358. The molecule has 1 aliphatic rings. The molecule has 0 radical (unpaired) electrons. The molecule has 3 rings (SSSR count). The van der Waals surface area contributed by atoms with Gasteiger partial charge in [-0.2, -0.15) is 0 Å². The van der Waals surface area contributed by atoms with Crippen LogP contribution in [-0.2, 0) is 4.79 Å². The zero-order chi connectivity index (χ0) is 20.6. The van der Waals surface area contributed by atoms with Gasteiger partial charge in [0.1, 0.15) is 5.75 Å². The number of nitrogens with one attached hydrogen (secondary N) is 3. The molecule has 2 aromatic rings. The Balaban J connectivity index is 1.50. The van der Waals surface area contributed by atoms with Crippen LogP contribution in [0.4, 0.5) is 5.69 Å². The maximum atomic E-state index is 12.3. The van der Waals surface area contributed by atoms with Gasteiger partial charge in [-0.1, -0.05) is 19.3 Å². The van der Waals surface area contributed by atoms with Crippen LogP contribution in [0.3, 0.4) is 0 Å². The lowest BCUT2D eigenvalue weighted by molar-refractivity contribution is -0.120. The minimum Gasteiger partial charge on any atom is -0.497 e. The number of ether oxygens (including phenoxy) is 1. The number of carbonyl (C=O) groups excluding carboxylic acids is 3. The number of rotatable bonds is 5. The minimum atomic E-state index is -0.447. The molecule has 0 heterocycles. The molecule has 1 saturated carbocycles. The van der Waals surface area contributed by atoms with E-state index in [4.69, 9.17) is 4.74 Å². The second kappa shape index (κ2) is 9.73. The number of carbonyl (C=O) groups is 3. The van der Waals surface area contributed by atoms with E-state index < -0.39 is 11.8 Å². The summed E-state index contributed by atoms with van der Waals surface area (Å²) in [5, 5.41) is 2.91. The second-order valence-electron chi connectivity index (χ2n) is 7.04. The molecule has 3 N–H and O–H groups in total. The molecule has 0 aromatic heterocycles. The van der Waals surface area contributed by atoms with E-state index in [-0.39, 0.29) is 11.8 Å². The van der Waals surface area contributed by atoms with Crippen molar-refractivity contribution in [3.05, 3.63) is 59.7 Å². The average Bonchev–Trinajstić information content (AvgIpc) is 2.78. The molecule has 152 valence electrons. The van der Waals surface area contributed by atoms with E-state index in [0.717, 1.165) is 25.7 Å². The third-order valence-corrected chi connectivity index (χ3v) is 5.03. The molecule has 1 fully saturated rings. The zero-order valence-electron chi connectivity index (χ0n) is 16.4. The number of benzene rings is 2. The summed E-state index contributed by atoms with van der Waals surface area (Å²) < 4.78 is 5.05. The molecule has 0 unspecified atom stereocenters. The van der Waals surface area contributed by atoms with Gasteiger partial charge in [0.25, 0.3) is 11.8 Å². The van der Waals surface area contributed by atoms with Gasteiger partial charge in [-0.25, -0.2) is 0 Å². The fraction of sp³-hybridized carbons (Fsp3) is 0.318. The Bertz CT molecular complexity index is 857. The monoisotopic (exact) mass is 395 g/mol. The quantitative estimate of drug-likeness (QED) is 0.677. The van der Waals surface area contributed by atoms with Crippen molar-refractivity contribution in [3.63, 3.8) is 0 Å². The molecule has 7 heteroatoms. The summed E-state index contributed by atoms with van der Waals surface area (Å²) in [6.45, 7) is 0. The highest BCUT2D eigenvalue weighted by Gasteiger charge is 2.21. The van der Waals surface area contributed by atoms with E-state index in [9.17, 15) is 14.4 Å². The van der Waals surface area contributed by atoms with Crippen LogP contribution >= 0.6 is 0 Å². The number of hydrogen-bond donors (Lipinski definition) is 3. The fourth-order valence-corrected chi connectivity index (χ4v) is 3.31. The van der Waals surface area contributed by atoms with Crippen LogP contribution in [0.5, 0.6) is 5.75 Å².